The number of aliphatic carboxylic acids is 1. The van der Waals surface area contributed by atoms with Crippen LogP contribution in [-0.4, -0.2) is 53.1 Å². The van der Waals surface area contributed by atoms with Crippen LogP contribution in [0.1, 0.15) is 27.5 Å². The van der Waals surface area contributed by atoms with Crippen LogP contribution in [0.4, 0.5) is 5.69 Å². The van der Waals surface area contributed by atoms with Gasteiger partial charge in [0.1, 0.15) is 17.1 Å². The molecule has 2 aromatic rings. The number of aliphatic hydroxyl groups is 1. The number of hydrogen-bond acceptors (Lipinski definition) is 7. The Kier molecular flexibility index (Phi) is 7.52. The zero-order valence-electron chi connectivity index (χ0n) is 15.3. The van der Waals surface area contributed by atoms with Gasteiger partial charge in [-0.05, 0) is 30.3 Å². The average molecular weight is 403 g/mol. The summed E-state index contributed by atoms with van der Waals surface area (Å²) < 4.78 is 10.4. The number of ether oxygens (including phenoxy) is 2. The van der Waals surface area contributed by atoms with Crippen LogP contribution in [0.5, 0.6) is 5.75 Å². The summed E-state index contributed by atoms with van der Waals surface area (Å²) in [6.07, 6.45) is 0. The lowest BCUT2D eigenvalue weighted by Gasteiger charge is -2.21. The van der Waals surface area contributed by atoms with Gasteiger partial charge in [-0.1, -0.05) is 12.1 Å². The van der Waals surface area contributed by atoms with E-state index >= 15 is 0 Å². The first-order valence-corrected chi connectivity index (χ1v) is 8.46. The third-order valence-electron chi connectivity index (χ3n) is 3.86. The number of benzene rings is 2. The minimum atomic E-state index is -1.33. The van der Waals surface area contributed by atoms with E-state index < -0.39 is 18.0 Å². The van der Waals surface area contributed by atoms with Crippen molar-refractivity contribution in [1.29, 1.82) is 5.41 Å². The maximum Gasteiger partial charge on any atom is 0.339 e. The monoisotopic (exact) mass is 403 g/mol. The van der Waals surface area contributed by atoms with Crippen molar-refractivity contribution in [2.24, 2.45) is 5.73 Å². The van der Waals surface area contributed by atoms with Gasteiger partial charge < -0.3 is 35.8 Å². The first-order valence-electron chi connectivity index (χ1n) is 8.46. The fourth-order valence-electron chi connectivity index (χ4n) is 2.52. The van der Waals surface area contributed by atoms with Crippen LogP contribution < -0.4 is 15.8 Å². The molecule has 0 saturated carbocycles. The van der Waals surface area contributed by atoms with Gasteiger partial charge in [0, 0.05) is 16.8 Å². The third-order valence-corrected chi connectivity index (χ3v) is 3.86. The van der Waals surface area contributed by atoms with Crippen molar-refractivity contribution in [1.82, 2.24) is 0 Å². The second kappa shape index (κ2) is 10.1. The van der Waals surface area contributed by atoms with Gasteiger partial charge in [0.25, 0.3) is 0 Å². The summed E-state index contributed by atoms with van der Waals surface area (Å²) in [6.45, 7) is -0.627. The molecule has 0 spiro atoms. The summed E-state index contributed by atoms with van der Waals surface area (Å²) >= 11 is 0. The highest BCUT2D eigenvalue weighted by atomic mass is 16.7. The number of nitrogens with two attached hydrogens (primary N) is 1. The third kappa shape index (κ3) is 5.67. The fraction of sp³-hybridized carbons (Fsp3) is 0.211. The van der Waals surface area contributed by atoms with Gasteiger partial charge in [0.2, 0.25) is 0 Å². The standard InChI is InChI=1S/C19H21N3O7/c20-17(21)11-4-6-12(7-5-11)22-15(19(26)27)13-2-1-3-14(18(24)25)16(13)29-10-28-9-8-23/h1-7,15,22-23H,8-10H2,(H3,20,21)(H,24,25)(H,26,27). The number of anilines is 1. The molecule has 0 heterocycles. The Morgan fingerprint density at radius 2 is 1.83 bits per heavy atom. The highest BCUT2D eigenvalue weighted by molar-refractivity contribution is 5.95. The number of rotatable bonds is 11. The second-order valence-electron chi connectivity index (χ2n) is 5.83. The molecule has 1 unspecified atom stereocenters. The fourth-order valence-corrected chi connectivity index (χ4v) is 2.52. The Morgan fingerprint density at radius 1 is 1.14 bits per heavy atom. The maximum absolute atomic E-state index is 11.9. The predicted molar refractivity (Wildman–Crippen MR) is 103 cm³/mol. The molecule has 0 saturated heterocycles. The van der Waals surface area contributed by atoms with Crippen LogP contribution in [0, 0.1) is 5.41 Å². The lowest BCUT2D eigenvalue weighted by atomic mass is 10.0. The molecule has 1 atom stereocenters. The van der Waals surface area contributed by atoms with E-state index in [4.69, 9.17) is 25.7 Å². The lowest BCUT2D eigenvalue weighted by molar-refractivity contribution is -0.138. The molecule has 2 aromatic carbocycles. The van der Waals surface area contributed by atoms with Gasteiger partial charge >= 0.3 is 11.9 Å². The van der Waals surface area contributed by atoms with Gasteiger partial charge in [-0.2, -0.15) is 0 Å². The number of nitrogens with one attached hydrogen (secondary N) is 2. The van der Waals surface area contributed by atoms with Crippen molar-refractivity contribution in [2.75, 3.05) is 25.3 Å². The number of aromatic carboxylic acids is 1. The molecule has 0 aliphatic heterocycles. The van der Waals surface area contributed by atoms with E-state index in [1.165, 1.54) is 18.2 Å². The zero-order chi connectivity index (χ0) is 21.4. The van der Waals surface area contributed by atoms with Crippen molar-refractivity contribution < 1.29 is 34.4 Å². The summed E-state index contributed by atoms with van der Waals surface area (Å²) in [5.74, 6) is -2.83. The molecule has 0 aliphatic rings. The van der Waals surface area contributed by atoms with Crippen molar-refractivity contribution in [2.45, 2.75) is 6.04 Å². The molecular formula is C19H21N3O7. The van der Waals surface area contributed by atoms with Crippen LogP contribution in [0.25, 0.3) is 0 Å². The van der Waals surface area contributed by atoms with Gasteiger partial charge in [-0.15, -0.1) is 0 Å². The van der Waals surface area contributed by atoms with E-state index in [0.717, 1.165) is 0 Å². The molecule has 7 N–H and O–H groups in total. The summed E-state index contributed by atoms with van der Waals surface area (Å²) in [4.78, 5) is 23.5. The Hall–Kier alpha value is -3.63. The molecule has 0 aromatic heterocycles. The summed E-state index contributed by atoms with van der Waals surface area (Å²) in [7, 11) is 0. The number of aliphatic hydroxyl groups excluding tert-OH is 1. The van der Waals surface area contributed by atoms with Crippen LogP contribution in [0.2, 0.25) is 0 Å². The summed E-state index contributed by atoms with van der Waals surface area (Å²) in [5.41, 5.74) is 6.16. The Balaban J connectivity index is 2.37. The molecule has 29 heavy (non-hydrogen) atoms. The molecule has 2 rings (SSSR count). The number of hydrogen-bond donors (Lipinski definition) is 6. The van der Waals surface area contributed by atoms with Gasteiger partial charge in [0.05, 0.1) is 13.2 Å². The normalized spacial score (nSPS) is 11.5. The van der Waals surface area contributed by atoms with E-state index in [-0.39, 0.29) is 42.7 Å². The first-order chi connectivity index (χ1) is 13.8. The van der Waals surface area contributed by atoms with Gasteiger partial charge in [-0.3, -0.25) is 5.41 Å². The van der Waals surface area contributed by atoms with E-state index in [0.29, 0.717) is 11.3 Å². The molecule has 154 valence electrons. The van der Waals surface area contributed by atoms with Crippen LogP contribution in [0.15, 0.2) is 42.5 Å². The Bertz CT molecular complexity index is 884. The Morgan fingerprint density at radius 3 is 2.38 bits per heavy atom. The quantitative estimate of drug-likeness (QED) is 0.140. The first kappa shape index (κ1) is 21.7. The SMILES string of the molecule is N=C(N)c1ccc(NC(C(=O)O)c2cccc(C(=O)O)c2OCOCCO)cc1. The highest BCUT2D eigenvalue weighted by Crippen LogP contribution is 2.32. The molecule has 0 amide bonds. The van der Waals surface area contributed by atoms with Crippen LogP contribution >= 0.6 is 0 Å². The molecular weight excluding hydrogens is 382 g/mol. The van der Waals surface area contributed by atoms with Gasteiger partial charge in [-0.25, -0.2) is 9.59 Å². The summed E-state index contributed by atoms with van der Waals surface area (Å²) in [6, 6.07) is 9.02. The van der Waals surface area contributed by atoms with Crippen molar-refractivity contribution in [3.05, 3.63) is 59.2 Å². The van der Waals surface area contributed by atoms with E-state index in [2.05, 4.69) is 5.32 Å². The van der Waals surface area contributed by atoms with E-state index in [1.54, 1.807) is 24.3 Å². The number of carboxylic acids is 2. The largest absolute Gasteiger partial charge is 0.479 e. The molecule has 0 fully saturated rings. The molecule has 0 radical (unpaired) electrons. The van der Waals surface area contributed by atoms with E-state index in [9.17, 15) is 19.8 Å². The van der Waals surface area contributed by atoms with Crippen molar-refractivity contribution in [3.63, 3.8) is 0 Å². The maximum atomic E-state index is 11.9. The van der Waals surface area contributed by atoms with Gasteiger partial charge in [0.15, 0.2) is 12.8 Å². The van der Waals surface area contributed by atoms with Crippen LogP contribution in [-0.2, 0) is 9.53 Å². The number of carboxylic acid groups (broad SMARTS) is 2. The van der Waals surface area contributed by atoms with Crippen molar-refractivity contribution in [3.8, 4) is 5.75 Å². The second-order valence-corrected chi connectivity index (χ2v) is 5.83. The van der Waals surface area contributed by atoms with Crippen LogP contribution in [0.3, 0.4) is 0 Å². The minimum Gasteiger partial charge on any atom is -0.479 e. The minimum absolute atomic E-state index is 0.0202. The predicted octanol–water partition coefficient (Wildman–Crippen LogP) is 1.25. The molecule has 0 bridgehead atoms. The Labute approximate surface area is 166 Å². The van der Waals surface area contributed by atoms with E-state index in [1.807, 2.05) is 0 Å². The smallest absolute Gasteiger partial charge is 0.339 e. The van der Waals surface area contributed by atoms with Crippen molar-refractivity contribution >= 4 is 23.5 Å². The number of nitrogen functional groups attached to an aromatic ring is 1. The molecule has 0 aliphatic carbocycles. The summed E-state index contributed by atoms with van der Waals surface area (Å²) in [5, 5.41) is 38.1. The number of para-hydroxylation sites is 1. The molecule has 10 heteroatoms. The average Bonchev–Trinajstić information content (AvgIpc) is 2.69. The topological polar surface area (TPSA) is 175 Å². The lowest BCUT2D eigenvalue weighted by Crippen LogP contribution is -2.23. The number of carbonyl (C=O) groups is 2. The highest BCUT2D eigenvalue weighted by Gasteiger charge is 2.27. The molecule has 10 nitrogen and oxygen atoms in total. The number of amidine groups is 1. The zero-order valence-corrected chi connectivity index (χ0v) is 15.3.